The summed E-state index contributed by atoms with van der Waals surface area (Å²) in [5.74, 6) is 0.406. The molecule has 1 aromatic carbocycles. The first-order chi connectivity index (χ1) is 16.0. The number of hydrogen-bond acceptors (Lipinski definition) is 8. The number of nitrogens with one attached hydrogen (secondary N) is 2. The Bertz CT molecular complexity index is 1120. The highest BCUT2D eigenvalue weighted by Gasteiger charge is 2.31. The fraction of sp³-hybridized carbons (Fsp3) is 0.318. The Hall–Kier alpha value is -3.44. The molecule has 1 aliphatic rings. The molecule has 172 valence electrons. The molecule has 0 aliphatic carbocycles. The minimum absolute atomic E-state index is 0.0273. The number of hydrogen-bond donors (Lipinski definition) is 2. The monoisotopic (exact) mass is 467 g/mol. The molecule has 2 aromatic heterocycles. The van der Waals surface area contributed by atoms with Crippen LogP contribution < -0.4 is 15.5 Å². The number of likely N-dealkylation sites (N-methyl/N-ethyl adjacent to an activating group) is 1. The predicted molar refractivity (Wildman–Crippen MR) is 126 cm³/mol. The first-order valence-corrected chi connectivity index (χ1v) is 11.4. The van der Waals surface area contributed by atoms with Crippen LogP contribution in [0, 0.1) is 0 Å². The van der Waals surface area contributed by atoms with Gasteiger partial charge in [0.15, 0.2) is 0 Å². The maximum absolute atomic E-state index is 13.0. The molecule has 2 N–H and O–H groups in total. The number of ether oxygens (including phenoxy) is 1. The number of pyridine rings is 1. The van der Waals surface area contributed by atoms with Gasteiger partial charge in [-0.3, -0.25) is 9.59 Å². The van der Waals surface area contributed by atoms with E-state index in [1.54, 1.807) is 25.0 Å². The number of rotatable bonds is 8. The van der Waals surface area contributed by atoms with Crippen molar-refractivity contribution in [3.05, 3.63) is 60.3 Å². The van der Waals surface area contributed by atoms with Gasteiger partial charge in [0.2, 0.25) is 11.7 Å². The van der Waals surface area contributed by atoms with Crippen LogP contribution in [0.25, 0.3) is 0 Å². The van der Waals surface area contributed by atoms with Crippen LogP contribution in [-0.2, 0) is 16.1 Å². The minimum atomic E-state index is -0.717. The van der Waals surface area contributed by atoms with Crippen molar-refractivity contribution >= 4 is 35.1 Å². The molecule has 0 unspecified atom stereocenters. The van der Waals surface area contributed by atoms with E-state index < -0.39 is 11.9 Å². The summed E-state index contributed by atoms with van der Waals surface area (Å²) in [7, 11) is 3.32. The predicted octanol–water partition coefficient (Wildman–Crippen LogP) is 1.65. The SMILES string of the molecule is COCCNc1cc2c(cn1)N(C)C(=O)[C@@H](NC(=O)c1ncn(Cc3ccccc3)n1)CS2. The van der Waals surface area contributed by atoms with Gasteiger partial charge in [-0.2, -0.15) is 0 Å². The quantitative estimate of drug-likeness (QED) is 0.481. The van der Waals surface area contributed by atoms with Gasteiger partial charge in [-0.15, -0.1) is 16.9 Å². The Balaban J connectivity index is 1.41. The van der Waals surface area contributed by atoms with Crippen LogP contribution in [0.1, 0.15) is 16.2 Å². The van der Waals surface area contributed by atoms with E-state index >= 15 is 0 Å². The smallest absolute Gasteiger partial charge is 0.291 e. The molecule has 0 saturated carbocycles. The van der Waals surface area contributed by atoms with E-state index in [1.165, 1.54) is 23.0 Å². The number of thioether (sulfide) groups is 1. The van der Waals surface area contributed by atoms with E-state index in [2.05, 4.69) is 25.7 Å². The fourth-order valence-corrected chi connectivity index (χ4v) is 4.45. The number of anilines is 2. The molecule has 1 aliphatic heterocycles. The highest BCUT2D eigenvalue weighted by atomic mass is 32.2. The van der Waals surface area contributed by atoms with E-state index in [0.29, 0.717) is 37.0 Å². The van der Waals surface area contributed by atoms with Crippen molar-refractivity contribution in [2.24, 2.45) is 0 Å². The van der Waals surface area contributed by atoms with Crippen LogP contribution in [0.5, 0.6) is 0 Å². The summed E-state index contributed by atoms with van der Waals surface area (Å²) in [6.45, 7) is 1.70. The molecule has 11 heteroatoms. The van der Waals surface area contributed by atoms with E-state index in [1.807, 2.05) is 36.4 Å². The van der Waals surface area contributed by atoms with Crippen LogP contribution >= 0.6 is 11.8 Å². The third-order valence-electron chi connectivity index (χ3n) is 5.09. The molecule has 0 spiro atoms. The van der Waals surface area contributed by atoms with Crippen LogP contribution in [0.3, 0.4) is 0 Å². The van der Waals surface area contributed by atoms with Gasteiger partial charge in [0.1, 0.15) is 18.2 Å². The molecule has 1 atom stereocenters. The summed E-state index contributed by atoms with van der Waals surface area (Å²) >= 11 is 1.49. The van der Waals surface area contributed by atoms with Crippen molar-refractivity contribution in [3.63, 3.8) is 0 Å². The Morgan fingerprint density at radius 1 is 1.27 bits per heavy atom. The second-order valence-corrected chi connectivity index (χ2v) is 8.50. The number of carbonyl (C=O) groups excluding carboxylic acids is 2. The van der Waals surface area contributed by atoms with Crippen molar-refractivity contribution in [1.82, 2.24) is 25.1 Å². The average molecular weight is 468 g/mol. The van der Waals surface area contributed by atoms with E-state index in [0.717, 1.165) is 10.5 Å². The number of carbonyl (C=O) groups is 2. The van der Waals surface area contributed by atoms with E-state index in [9.17, 15) is 9.59 Å². The molecule has 3 heterocycles. The largest absolute Gasteiger partial charge is 0.383 e. The molecule has 0 radical (unpaired) electrons. The van der Waals surface area contributed by atoms with Gasteiger partial charge < -0.3 is 20.3 Å². The normalized spacial score (nSPS) is 15.6. The third kappa shape index (κ3) is 5.49. The van der Waals surface area contributed by atoms with E-state index in [4.69, 9.17) is 4.74 Å². The fourth-order valence-electron chi connectivity index (χ4n) is 3.34. The molecular weight excluding hydrogens is 442 g/mol. The first kappa shape index (κ1) is 22.7. The third-order valence-corrected chi connectivity index (χ3v) is 6.22. The van der Waals surface area contributed by atoms with Gasteiger partial charge in [-0.05, 0) is 11.6 Å². The Morgan fingerprint density at radius 2 is 2.09 bits per heavy atom. The lowest BCUT2D eigenvalue weighted by atomic mass is 10.2. The second-order valence-electron chi connectivity index (χ2n) is 7.44. The van der Waals surface area contributed by atoms with Gasteiger partial charge in [-0.1, -0.05) is 30.3 Å². The van der Waals surface area contributed by atoms with Crippen LogP contribution in [-0.4, -0.2) is 70.7 Å². The van der Waals surface area contributed by atoms with Crippen molar-refractivity contribution in [1.29, 1.82) is 0 Å². The number of methoxy groups -OCH3 is 1. The Kier molecular flexibility index (Phi) is 7.20. The standard InChI is InChI=1S/C22H25N7O3S/c1-28-17-11-24-19(23-8-9-32-2)10-18(17)33-13-16(22(28)31)26-21(30)20-25-14-29(27-20)12-15-6-4-3-5-7-15/h3-7,10-11,14,16H,8-9,12-13H2,1-2H3,(H,23,24)(H,26,30)/t16-/m0/s1. The number of fused-ring (bicyclic) bond motifs is 1. The zero-order valence-electron chi connectivity index (χ0n) is 18.4. The first-order valence-electron chi connectivity index (χ1n) is 10.4. The van der Waals surface area contributed by atoms with Crippen LogP contribution in [0.4, 0.5) is 11.5 Å². The van der Waals surface area contributed by atoms with Gasteiger partial charge >= 0.3 is 0 Å². The number of nitrogens with zero attached hydrogens (tertiary/aromatic N) is 5. The summed E-state index contributed by atoms with van der Waals surface area (Å²) in [4.78, 5) is 36.7. The van der Waals surface area contributed by atoms with E-state index in [-0.39, 0.29) is 11.7 Å². The second kappa shape index (κ2) is 10.5. The summed E-state index contributed by atoms with van der Waals surface area (Å²) in [6, 6.07) is 11.0. The summed E-state index contributed by atoms with van der Waals surface area (Å²) in [6.07, 6.45) is 3.17. The van der Waals surface area contributed by atoms with Gasteiger partial charge in [0.05, 0.1) is 25.0 Å². The summed E-state index contributed by atoms with van der Waals surface area (Å²) in [5, 5.41) is 10.2. The molecule has 0 saturated heterocycles. The van der Waals surface area contributed by atoms with Gasteiger partial charge in [0, 0.05) is 31.4 Å². The average Bonchev–Trinajstić information content (AvgIpc) is 3.26. The van der Waals surface area contributed by atoms with Crippen molar-refractivity contribution in [3.8, 4) is 0 Å². The molecular formula is C22H25N7O3S. The van der Waals surface area contributed by atoms with Crippen molar-refractivity contribution < 1.29 is 14.3 Å². The lowest BCUT2D eigenvalue weighted by Crippen LogP contribution is -2.48. The number of amides is 2. The summed E-state index contributed by atoms with van der Waals surface area (Å²) < 4.78 is 6.64. The zero-order valence-corrected chi connectivity index (χ0v) is 19.2. The van der Waals surface area contributed by atoms with Gasteiger partial charge in [0.25, 0.3) is 5.91 Å². The maximum atomic E-state index is 13.0. The zero-order chi connectivity index (χ0) is 23.2. The summed E-state index contributed by atoms with van der Waals surface area (Å²) in [5.41, 5.74) is 1.75. The molecule has 4 rings (SSSR count). The highest BCUT2D eigenvalue weighted by Crippen LogP contribution is 2.34. The molecule has 3 aromatic rings. The lowest BCUT2D eigenvalue weighted by molar-refractivity contribution is -0.119. The Morgan fingerprint density at radius 3 is 2.88 bits per heavy atom. The molecule has 0 fully saturated rings. The lowest BCUT2D eigenvalue weighted by Gasteiger charge is -2.21. The Labute approximate surface area is 195 Å². The molecule has 0 bridgehead atoms. The molecule has 10 nitrogen and oxygen atoms in total. The van der Waals surface area contributed by atoms with Crippen molar-refractivity contribution in [2.45, 2.75) is 17.5 Å². The topological polar surface area (TPSA) is 114 Å². The van der Waals surface area contributed by atoms with Crippen LogP contribution in [0.2, 0.25) is 0 Å². The van der Waals surface area contributed by atoms with Crippen LogP contribution in [0.15, 0.2) is 53.8 Å². The highest BCUT2D eigenvalue weighted by molar-refractivity contribution is 7.99. The van der Waals surface area contributed by atoms with Crippen molar-refractivity contribution in [2.75, 3.05) is 43.3 Å². The number of benzene rings is 1. The molecule has 2 amide bonds. The number of aromatic nitrogens is 4. The van der Waals surface area contributed by atoms with Gasteiger partial charge in [-0.25, -0.2) is 14.6 Å². The molecule has 33 heavy (non-hydrogen) atoms. The minimum Gasteiger partial charge on any atom is -0.383 e. The maximum Gasteiger partial charge on any atom is 0.291 e.